The van der Waals surface area contributed by atoms with Gasteiger partial charge in [0.25, 0.3) is 0 Å². The van der Waals surface area contributed by atoms with Crippen LogP contribution in [0.5, 0.6) is 0 Å². The van der Waals surface area contributed by atoms with Crippen LogP contribution in [-0.2, 0) is 9.53 Å². The molecule has 3 N–H and O–H groups in total. The minimum Gasteiger partial charge on any atom is -0.466 e. The van der Waals surface area contributed by atoms with Gasteiger partial charge >= 0.3 is 5.97 Å². The molecule has 6 heteroatoms. The smallest absolute Gasteiger partial charge is 0.337 e. The van der Waals surface area contributed by atoms with Crippen molar-refractivity contribution >= 4 is 17.6 Å². The largest absolute Gasteiger partial charge is 0.466 e. The number of carbonyl (C=O) groups excluding carboxylic acids is 1. The van der Waals surface area contributed by atoms with Gasteiger partial charge in [-0.15, -0.1) is 0 Å². The Morgan fingerprint density at radius 3 is 3.00 bits per heavy atom. The molecule has 1 aliphatic rings. The van der Waals surface area contributed by atoms with Crippen LogP contribution in [0.4, 0.5) is 11.6 Å². The molecule has 0 fully saturated rings. The minimum atomic E-state index is -0.369. The molecule has 0 aliphatic carbocycles. The second-order valence-corrected chi connectivity index (χ2v) is 4.89. The Morgan fingerprint density at radius 1 is 1.48 bits per heavy atom. The lowest BCUT2D eigenvalue weighted by Gasteiger charge is -2.29. The predicted molar refractivity (Wildman–Crippen MR) is 79.6 cm³/mol. The first-order chi connectivity index (χ1) is 10.1. The second kappa shape index (κ2) is 4.97. The van der Waals surface area contributed by atoms with Gasteiger partial charge < -0.3 is 20.4 Å². The van der Waals surface area contributed by atoms with Crippen LogP contribution in [0.15, 0.2) is 47.9 Å². The van der Waals surface area contributed by atoms with Gasteiger partial charge in [0.1, 0.15) is 0 Å². The summed E-state index contributed by atoms with van der Waals surface area (Å²) in [5.41, 5.74) is 8.72. The number of ether oxygens (including phenoxy) is 1. The van der Waals surface area contributed by atoms with E-state index in [0.29, 0.717) is 17.2 Å². The number of fused-ring (bicyclic) bond motifs is 1. The Morgan fingerprint density at radius 2 is 2.29 bits per heavy atom. The summed E-state index contributed by atoms with van der Waals surface area (Å²) in [7, 11) is 1.38. The van der Waals surface area contributed by atoms with Crippen molar-refractivity contribution in [1.29, 1.82) is 0 Å². The van der Waals surface area contributed by atoms with Gasteiger partial charge in [-0.2, -0.15) is 0 Å². The van der Waals surface area contributed by atoms with Crippen molar-refractivity contribution in [2.24, 2.45) is 0 Å². The zero-order chi connectivity index (χ0) is 15.0. The number of nitrogens with zero attached hydrogens (tertiary/aromatic N) is 2. The lowest BCUT2D eigenvalue weighted by atomic mass is 9.95. The molecule has 0 saturated carbocycles. The normalized spacial score (nSPS) is 17.1. The highest BCUT2D eigenvalue weighted by Gasteiger charge is 2.32. The van der Waals surface area contributed by atoms with E-state index >= 15 is 0 Å². The lowest BCUT2D eigenvalue weighted by molar-refractivity contribution is -0.136. The van der Waals surface area contributed by atoms with Crippen LogP contribution in [0.2, 0.25) is 0 Å². The van der Waals surface area contributed by atoms with Gasteiger partial charge in [0.15, 0.2) is 0 Å². The number of aromatic nitrogens is 2. The third-order valence-corrected chi connectivity index (χ3v) is 3.56. The van der Waals surface area contributed by atoms with E-state index in [1.54, 1.807) is 6.20 Å². The maximum absolute atomic E-state index is 12.2. The summed E-state index contributed by atoms with van der Waals surface area (Å²) in [5, 5.41) is 3.12. The van der Waals surface area contributed by atoms with Gasteiger partial charge in [0.2, 0.25) is 5.95 Å². The molecule has 1 unspecified atom stereocenters. The first-order valence-electron chi connectivity index (χ1n) is 6.56. The molecule has 2 aromatic rings. The molecule has 2 heterocycles. The van der Waals surface area contributed by atoms with Gasteiger partial charge in [-0.1, -0.05) is 12.1 Å². The number of hydrogen-bond acceptors (Lipinski definition) is 5. The average Bonchev–Trinajstić information content (AvgIpc) is 2.92. The molecule has 0 saturated heterocycles. The highest BCUT2D eigenvalue weighted by molar-refractivity contribution is 5.92. The van der Waals surface area contributed by atoms with Crippen LogP contribution in [0, 0.1) is 0 Å². The summed E-state index contributed by atoms with van der Waals surface area (Å²) < 4.78 is 6.83. The predicted octanol–water partition coefficient (Wildman–Crippen LogP) is 1.93. The summed E-state index contributed by atoms with van der Waals surface area (Å²) in [4.78, 5) is 16.5. The molecule has 6 nitrogen and oxygen atoms in total. The first-order valence-corrected chi connectivity index (χ1v) is 6.56. The van der Waals surface area contributed by atoms with Crippen molar-refractivity contribution in [3.8, 4) is 0 Å². The van der Waals surface area contributed by atoms with Crippen molar-refractivity contribution in [1.82, 2.24) is 9.55 Å². The molecule has 1 aromatic heterocycles. The van der Waals surface area contributed by atoms with E-state index in [4.69, 9.17) is 10.5 Å². The van der Waals surface area contributed by atoms with Crippen LogP contribution in [-0.4, -0.2) is 22.6 Å². The molecule has 0 spiro atoms. The van der Waals surface area contributed by atoms with Gasteiger partial charge in [-0.3, -0.25) is 0 Å². The lowest BCUT2D eigenvalue weighted by Crippen LogP contribution is -2.28. The Labute approximate surface area is 122 Å². The molecule has 0 amide bonds. The van der Waals surface area contributed by atoms with Crippen LogP contribution in [0.3, 0.4) is 0 Å². The van der Waals surface area contributed by atoms with Crippen molar-refractivity contribution in [2.45, 2.75) is 13.0 Å². The minimum absolute atomic E-state index is 0.306. The number of esters is 1. The number of methoxy groups -OCH3 is 1. The van der Waals surface area contributed by atoms with E-state index in [0.717, 1.165) is 11.3 Å². The summed E-state index contributed by atoms with van der Waals surface area (Å²) in [5.74, 6) is 0.319. The first kappa shape index (κ1) is 13.2. The Bertz CT molecular complexity index is 733. The molecule has 3 rings (SSSR count). The topological polar surface area (TPSA) is 82.2 Å². The molecule has 1 aromatic carbocycles. The fourth-order valence-electron chi connectivity index (χ4n) is 2.63. The van der Waals surface area contributed by atoms with Crippen molar-refractivity contribution in [3.05, 3.63) is 53.5 Å². The van der Waals surface area contributed by atoms with Crippen molar-refractivity contribution < 1.29 is 9.53 Å². The average molecular weight is 284 g/mol. The molecule has 0 bridgehead atoms. The van der Waals surface area contributed by atoms with E-state index < -0.39 is 0 Å². The number of benzene rings is 1. The number of hydrogen-bond donors (Lipinski definition) is 2. The van der Waals surface area contributed by atoms with Crippen molar-refractivity contribution in [2.75, 3.05) is 18.2 Å². The van der Waals surface area contributed by atoms with Gasteiger partial charge in [-0.05, 0) is 24.6 Å². The number of allylic oxidation sites excluding steroid dienone is 1. The van der Waals surface area contributed by atoms with E-state index in [1.807, 2.05) is 42.0 Å². The molecule has 21 heavy (non-hydrogen) atoms. The standard InChI is InChI=1S/C15H16N4O2/c1-9-12(14(20)21-2)13(10-4-3-5-11(16)8-10)19-7-6-17-15(19)18-9/h3-8,13H,16H2,1-2H3,(H,17,18). The van der Waals surface area contributed by atoms with Gasteiger partial charge in [0.05, 0.1) is 18.7 Å². The molecule has 0 radical (unpaired) electrons. The molecule has 108 valence electrons. The van der Waals surface area contributed by atoms with E-state index in [9.17, 15) is 4.79 Å². The summed E-state index contributed by atoms with van der Waals surface area (Å²) in [6.45, 7) is 1.84. The quantitative estimate of drug-likeness (QED) is 0.650. The zero-order valence-electron chi connectivity index (χ0n) is 11.8. The number of nitrogens with one attached hydrogen (secondary N) is 1. The summed E-state index contributed by atoms with van der Waals surface area (Å²) in [6.07, 6.45) is 3.51. The van der Waals surface area contributed by atoms with E-state index in [1.165, 1.54) is 7.11 Å². The SMILES string of the molecule is COC(=O)C1=C(C)Nc2nccn2C1c1cccc(N)c1. The van der Waals surface area contributed by atoms with Crippen LogP contribution in [0.1, 0.15) is 18.5 Å². The third kappa shape index (κ3) is 2.14. The van der Waals surface area contributed by atoms with Gasteiger partial charge in [0, 0.05) is 23.8 Å². The van der Waals surface area contributed by atoms with Crippen LogP contribution < -0.4 is 11.1 Å². The number of nitrogens with two attached hydrogens (primary N) is 1. The maximum Gasteiger partial charge on any atom is 0.337 e. The fourth-order valence-corrected chi connectivity index (χ4v) is 2.63. The molecule has 1 aliphatic heterocycles. The number of nitrogen functional groups attached to an aromatic ring is 1. The molecular formula is C15H16N4O2. The molecular weight excluding hydrogens is 268 g/mol. The Balaban J connectivity index is 2.20. The zero-order valence-corrected chi connectivity index (χ0v) is 11.8. The highest BCUT2D eigenvalue weighted by Crippen LogP contribution is 2.36. The van der Waals surface area contributed by atoms with Crippen LogP contribution >= 0.6 is 0 Å². The fraction of sp³-hybridized carbons (Fsp3) is 0.200. The number of anilines is 2. The van der Waals surface area contributed by atoms with E-state index in [-0.39, 0.29) is 12.0 Å². The third-order valence-electron chi connectivity index (χ3n) is 3.56. The Kier molecular flexibility index (Phi) is 3.13. The number of rotatable bonds is 2. The van der Waals surface area contributed by atoms with Gasteiger partial charge in [-0.25, -0.2) is 9.78 Å². The van der Waals surface area contributed by atoms with Crippen LogP contribution in [0.25, 0.3) is 0 Å². The molecule has 1 atom stereocenters. The highest BCUT2D eigenvalue weighted by atomic mass is 16.5. The van der Waals surface area contributed by atoms with Crippen molar-refractivity contribution in [3.63, 3.8) is 0 Å². The Hall–Kier alpha value is -2.76. The maximum atomic E-state index is 12.2. The van der Waals surface area contributed by atoms with E-state index in [2.05, 4.69) is 10.3 Å². The summed E-state index contributed by atoms with van der Waals surface area (Å²) in [6, 6.07) is 7.17. The number of imidazole rings is 1. The number of carbonyl (C=O) groups is 1. The summed E-state index contributed by atoms with van der Waals surface area (Å²) >= 11 is 0. The second-order valence-electron chi connectivity index (χ2n) is 4.89. The monoisotopic (exact) mass is 284 g/mol.